The molecule has 1 atom stereocenters. The molecule has 140 valence electrons. The molecule has 1 aromatic rings. The number of carbonyl (C=O) groups excluding carboxylic acids is 2. The molecule has 1 aliphatic rings. The molecule has 7 heteroatoms. The lowest BCUT2D eigenvalue weighted by Crippen LogP contribution is -2.43. The molecule has 0 spiro atoms. The molecule has 1 saturated heterocycles. The molecular formula is C18H30N4O3. The lowest BCUT2D eigenvalue weighted by molar-refractivity contribution is -0.123. The van der Waals surface area contributed by atoms with Gasteiger partial charge in [0.25, 0.3) is 0 Å². The predicted octanol–water partition coefficient (Wildman–Crippen LogP) is 2.42. The van der Waals surface area contributed by atoms with Crippen molar-refractivity contribution in [3.05, 3.63) is 18.7 Å². The van der Waals surface area contributed by atoms with Crippen LogP contribution in [0, 0.1) is 5.92 Å². The van der Waals surface area contributed by atoms with Crippen molar-refractivity contribution in [3.8, 4) is 0 Å². The maximum atomic E-state index is 12.2. The number of amides is 2. The van der Waals surface area contributed by atoms with Crippen LogP contribution >= 0.6 is 0 Å². The van der Waals surface area contributed by atoms with Gasteiger partial charge < -0.3 is 19.5 Å². The van der Waals surface area contributed by atoms with Gasteiger partial charge in [-0.3, -0.25) is 4.79 Å². The minimum Gasteiger partial charge on any atom is -0.444 e. The molecule has 0 bridgehead atoms. The van der Waals surface area contributed by atoms with Crippen molar-refractivity contribution in [2.75, 3.05) is 13.1 Å². The van der Waals surface area contributed by atoms with E-state index < -0.39 is 5.60 Å². The van der Waals surface area contributed by atoms with Crippen molar-refractivity contribution in [1.82, 2.24) is 19.8 Å². The average molecular weight is 350 g/mol. The van der Waals surface area contributed by atoms with E-state index in [1.165, 1.54) is 0 Å². The van der Waals surface area contributed by atoms with E-state index in [2.05, 4.69) is 10.3 Å². The van der Waals surface area contributed by atoms with Gasteiger partial charge in [0.2, 0.25) is 5.91 Å². The Hall–Kier alpha value is -2.05. The molecule has 25 heavy (non-hydrogen) atoms. The van der Waals surface area contributed by atoms with Gasteiger partial charge in [0, 0.05) is 44.5 Å². The molecular weight excluding hydrogens is 320 g/mol. The van der Waals surface area contributed by atoms with Crippen LogP contribution in [-0.4, -0.2) is 51.2 Å². The van der Waals surface area contributed by atoms with Crippen LogP contribution in [0.1, 0.15) is 47.0 Å². The molecule has 1 fully saturated rings. The van der Waals surface area contributed by atoms with Gasteiger partial charge in [-0.2, -0.15) is 0 Å². The molecule has 0 aliphatic carbocycles. The van der Waals surface area contributed by atoms with E-state index in [4.69, 9.17) is 4.74 Å². The number of hydrogen-bond donors (Lipinski definition) is 1. The van der Waals surface area contributed by atoms with Crippen LogP contribution in [0.5, 0.6) is 0 Å². The van der Waals surface area contributed by atoms with Crippen molar-refractivity contribution in [2.24, 2.45) is 5.92 Å². The molecule has 1 aromatic heterocycles. The van der Waals surface area contributed by atoms with Crippen LogP contribution in [0.25, 0.3) is 0 Å². The minimum atomic E-state index is -0.473. The van der Waals surface area contributed by atoms with E-state index in [9.17, 15) is 9.59 Å². The molecule has 0 saturated carbocycles. The standard InChI is InChI=1S/C18H30N4O3/c1-14(12-21-10-7-19-13-21)20-16(23)11-15-5-8-22(9-6-15)17(24)25-18(2,3)4/h7,10,13-15H,5-6,8-9,11-12H2,1-4H3,(H,20,23). The smallest absolute Gasteiger partial charge is 0.410 e. The fourth-order valence-electron chi connectivity index (χ4n) is 3.00. The summed E-state index contributed by atoms with van der Waals surface area (Å²) >= 11 is 0. The zero-order valence-electron chi connectivity index (χ0n) is 15.7. The number of nitrogens with zero attached hydrogens (tertiary/aromatic N) is 3. The largest absolute Gasteiger partial charge is 0.444 e. The van der Waals surface area contributed by atoms with Crippen molar-refractivity contribution >= 4 is 12.0 Å². The van der Waals surface area contributed by atoms with E-state index in [0.717, 1.165) is 12.8 Å². The molecule has 2 rings (SSSR count). The maximum absolute atomic E-state index is 12.2. The van der Waals surface area contributed by atoms with Crippen LogP contribution in [0.15, 0.2) is 18.7 Å². The lowest BCUT2D eigenvalue weighted by atomic mass is 9.93. The highest BCUT2D eigenvalue weighted by molar-refractivity contribution is 5.76. The molecule has 7 nitrogen and oxygen atoms in total. The van der Waals surface area contributed by atoms with E-state index in [0.29, 0.717) is 32.0 Å². The van der Waals surface area contributed by atoms with Gasteiger partial charge in [0.15, 0.2) is 0 Å². The first-order valence-electron chi connectivity index (χ1n) is 8.96. The number of aromatic nitrogens is 2. The first-order valence-corrected chi connectivity index (χ1v) is 8.96. The van der Waals surface area contributed by atoms with Crippen LogP contribution in [0.2, 0.25) is 0 Å². The Morgan fingerprint density at radius 3 is 2.56 bits per heavy atom. The van der Waals surface area contributed by atoms with Crippen LogP contribution in [0.3, 0.4) is 0 Å². The predicted molar refractivity (Wildman–Crippen MR) is 95.0 cm³/mol. The third-order valence-corrected chi connectivity index (χ3v) is 4.19. The quantitative estimate of drug-likeness (QED) is 0.885. The summed E-state index contributed by atoms with van der Waals surface area (Å²) in [5.41, 5.74) is -0.473. The zero-order valence-corrected chi connectivity index (χ0v) is 15.7. The SMILES string of the molecule is CC(Cn1ccnc1)NC(=O)CC1CCN(C(=O)OC(C)(C)C)CC1. The molecule has 0 aromatic carbocycles. The van der Waals surface area contributed by atoms with Crippen molar-refractivity contribution in [3.63, 3.8) is 0 Å². The molecule has 2 amide bonds. The number of rotatable bonds is 5. The van der Waals surface area contributed by atoms with Gasteiger partial charge in [0.1, 0.15) is 5.60 Å². The zero-order chi connectivity index (χ0) is 18.4. The minimum absolute atomic E-state index is 0.0588. The summed E-state index contributed by atoms with van der Waals surface area (Å²) in [4.78, 5) is 30.0. The highest BCUT2D eigenvalue weighted by Crippen LogP contribution is 2.22. The Balaban J connectivity index is 1.68. The number of imidazole rings is 1. The maximum Gasteiger partial charge on any atom is 0.410 e. The van der Waals surface area contributed by atoms with Crippen molar-refractivity contribution in [1.29, 1.82) is 0 Å². The second-order valence-corrected chi connectivity index (χ2v) is 7.84. The van der Waals surface area contributed by atoms with Gasteiger partial charge >= 0.3 is 6.09 Å². The summed E-state index contributed by atoms with van der Waals surface area (Å²) in [6.45, 7) is 9.60. The summed E-state index contributed by atoms with van der Waals surface area (Å²) in [5, 5.41) is 3.04. The summed E-state index contributed by atoms with van der Waals surface area (Å²) in [6.07, 6.45) is 7.28. The summed E-state index contributed by atoms with van der Waals surface area (Å²) in [6, 6.07) is 0.0588. The van der Waals surface area contributed by atoms with Crippen LogP contribution in [-0.2, 0) is 16.1 Å². The average Bonchev–Trinajstić information content (AvgIpc) is 2.98. The second kappa shape index (κ2) is 8.36. The number of ether oxygens (including phenoxy) is 1. The van der Waals surface area contributed by atoms with Gasteiger partial charge in [-0.25, -0.2) is 9.78 Å². The number of piperidine rings is 1. The van der Waals surface area contributed by atoms with E-state index >= 15 is 0 Å². The number of hydrogen-bond acceptors (Lipinski definition) is 4. The Bertz CT molecular complexity index is 557. The molecule has 1 aliphatic heterocycles. The summed E-state index contributed by atoms with van der Waals surface area (Å²) in [5.74, 6) is 0.391. The van der Waals surface area contributed by atoms with Crippen LogP contribution < -0.4 is 5.32 Å². The Morgan fingerprint density at radius 2 is 2.00 bits per heavy atom. The van der Waals surface area contributed by atoms with Gasteiger partial charge in [0.05, 0.1) is 6.33 Å². The monoisotopic (exact) mass is 350 g/mol. The van der Waals surface area contributed by atoms with Crippen molar-refractivity contribution < 1.29 is 14.3 Å². The van der Waals surface area contributed by atoms with Crippen LogP contribution in [0.4, 0.5) is 4.79 Å². The lowest BCUT2D eigenvalue weighted by Gasteiger charge is -2.33. The van der Waals surface area contributed by atoms with E-state index in [1.54, 1.807) is 17.4 Å². The Kier molecular flexibility index (Phi) is 6.45. The number of nitrogens with one attached hydrogen (secondary N) is 1. The number of carbonyl (C=O) groups is 2. The molecule has 1 N–H and O–H groups in total. The fraction of sp³-hybridized carbons (Fsp3) is 0.722. The summed E-state index contributed by atoms with van der Waals surface area (Å²) < 4.78 is 7.35. The third-order valence-electron chi connectivity index (χ3n) is 4.19. The fourth-order valence-corrected chi connectivity index (χ4v) is 3.00. The third kappa shape index (κ3) is 6.76. The topological polar surface area (TPSA) is 76.5 Å². The molecule has 1 unspecified atom stereocenters. The second-order valence-electron chi connectivity index (χ2n) is 7.84. The highest BCUT2D eigenvalue weighted by atomic mass is 16.6. The van der Waals surface area contributed by atoms with Gasteiger partial charge in [-0.05, 0) is 46.5 Å². The summed E-state index contributed by atoms with van der Waals surface area (Å²) in [7, 11) is 0. The normalized spacial score (nSPS) is 17.2. The first-order chi connectivity index (χ1) is 11.7. The first kappa shape index (κ1) is 19.3. The molecule has 2 heterocycles. The Labute approximate surface area is 149 Å². The number of likely N-dealkylation sites (tertiary alicyclic amines) is 1. The van der Waals surface area contributed by atoms with Gasteiger partial charge in [-0.1, -0.05) is 0 Å². The highest BCUT2D eigenvalue weighted by Gasteiger charge is 2.27. The van der Waals surface area contributed by atoms with Crippen molar-refractivity contribution in [2.45, 2.75) is 65.1 Å². The van der Waals surface area contributed by atoms with E-state index in [1.807, 2.05) is 38.5 Å². The molecule has 0 radical (unpaired) electrons. The van der Waals surface area contributed by atoms with Gasteiger partial charge in [-0.15, -0.1) is 0 Å². The van der Waals surface area contributed by atoms with E-state index in [-0.39, 0.29) is 18.0 Å². The Morgan fingerprint density at radius 1 is 1.32 bits per heavy atom.